The Bertz CT molecular complexity index is 872. The topological polar surface area (TPSA) is 108 Å². The van der Waals surface area contributed by atoms with Crippen molar-refractivity contribution in [1.29, 1.82) is 0 Å². The van der Waals surface area contributed by atoms with Gasteiger partial charge in [-0.05, 0) is 29.8 Å². The van der Waals surface area contributed by atoms with Crippen LogP contribution in [0.4, 0.5) is 4.39 Å². The van der Waals surface area contributed by atoms with Crippen LogP contribution in [0.25, 0.3) is 11.5 Å². The fourth-order valence-electron chi connectivity index (χ4n) is 2.35. The first-order valence-electron chi connectivity index (χ1n) is 7.40. The zero-order chi connectivity index (χ0) is 17.8. The van der Waals surface area contributed by atoms with Crippen LogP contribution >= 0.6 is 0 Å². The maximum atomic E-state index is 13.1. The van der Waals surface area contributed by atoms with Crippen LogP contribution in [0.2, 0.25) is 0 Å². The number of carbonyl (C=O) groups is 2. The van der Waals surface area contributed by atoms with E-state index < -0.39 is 23.7 Å². The number of aromatic amines is 1. The highest BCUT2D eigenvalue weighted by atomic mass is 19.1. The number of halogens is 1. The Labute approximate surface area is 141 Å². The van der Waals surface area contributed by atoms with Gasteiger partial charge in [0.15, 0.2) is 11.5 Å². The predicted molar refractivity (Wildman–Crippen MR) is 85.1 cm³/mol. The van der Waals surface area contributed by atoms with Gasteiger partial charge in [0, 0.05) is 6.07 Å². The average Bonchev–Trinajstić information content (AvgIpc) is 3.26. The molecule has 7 nitrogen and oxygen atoms in total. The summed E-state index contributed by atoms with van der Waals surface area (Å²) in [4.78, 5) is 23.4. The van der Waals surface area contributed by atoms with E-state index in [9.17, 15) is 14.0 Å². The Balaban J connectivity index is 1.78. The fourth-order valence-corrected chi connectivity index (χ4v) is 2.35. The number of amides is 1. The summed E-state index contributed by atoms with van der Waals surface area (Å²) in [6, 6.07) is 9.38. The van der Waals surface area contributed by atoms with Gasteiger partial charge in [-0.15, -0.1) is 0 Å². The van der Waals surface area contributed by atoms with Gasteiger partial charge in [0.25, 0.3) is 5.91 Å². The molecule has 0 saturated carbocycles. The lowest BCUT2D eigenvalue weighted by Gasteiger charge is -2.16. The van der Waals surface area contributed by atoms with Crippen molar-refractivity contribution in [3.05, 3.63) is 65.8 Å². The molecule has 0 radical (unpaired) electrons. The highest BCUT2D eigenvalue weighted by Crippen LogP contribution is 2.20. The van der Waals surface area contributed by atoms with Gasteiger partial charge in [-0.1, -0.05) is 12.1 Å². The van der Waals surface area contributed by atoms with Gasteiger partial charge in [0.1, 0.15) is 11.5 Å². The summed E-state index contributed by atoms with van der Waals surface area (Å²) in [7, 11) is 0. The smallest absolute Gasteiger partial charge is 0.305 e. The monoisotopic (exact) mass is 343 g/mol. The molecule has 2 aromatic heterocycles. The van der Waals surface area contributed by atoms with Crippen LogP contribution in [-0.4, -0.2) is 27.2 Å². The van der Waals surface area contributed by atoms with Crippen LogP contribution in [0.15, 0.2) is 53.1 Å². The number of nitrogens with zero attached hydrogens (tertiary/aromatic N) is 1. The molecule has 3 aromatic rings. The number of H-pyrrole nitrogens is 1. The highest BCUT2D eigenvalue weighted by Gasteiger charge is 2.21. The van der Waals surface area contributed by atoms with Crippen LogP contribution in [0.1, 0.15) is 28.5 Å². The van der Waals surface area contributed by atoms with Crippen molar-refractivity contribution in [1.82, 2.24) is 15.5 Å². The number of hydrogen-bond donors (Lipinski definition) is 3. The molecular weight excluding hydrogens is 329 g/mol. The SMILES string of the molecule is O=C(O)C[C@H](NC(=O)c1cc(-c2ccco2)[nH]n1)c1ccc(F)cc1. The summed E-state index contributed by atoms with van der Waals surface area (Å²) in [5, 5.41) is 18.2. The number of furan rings is 1. The molecule has 0 fully saturated rings. The number of benzene rings is 1. The molecule has 128 valence electrons. The summed E-state index contributed by atoms with van der Waals surface area (Å²) < 4.78 is 18.3. The molecule has 0 unspecified atom stereocenters. The largest absolute Gasteiger partial charge is 0.481 e. The second kappa shape index (κ2) is 7.00. The molecule has 2 heterocycles. The maximum absolute atomic E-state index is 13.1. The van der Waals surface area contributed by atoms with E-state index in [0.29, 0.717) is 17.0 Å². The van der Waals surface area contributed by atoms with Crippen LogP contribution in [-0.2, 0) is 4.79 Å². The third-order valence-electron chi connectivity index (χ3n) is 3.55. The van der Waals surface area contributed by atoms with E-state index in [1.165, 1.54) is 36.6 Å². The molecule has 1 aromatic carbocycles. The van der Waals surface area contributed by atoms with Crippen molar-refractivity contribution < 1.29 is 23.5 Å². The number of carboxylic acids is 1. The van der Waals surface area contributed by atoms with Crippen molar-refractivity contribution in [3.63, 3.8) is 0 Å². The molecule has 0 spiro atoms. The first-order chi connectivity index (χ1) is 12.0. The second-order valence-electron chi connectivity index (χ2n) is 5.32. The Kier molecular flexibility index (Phi) is 4.60. The number of carbonyl (C=O) groups excluding carboxylic acids is 1. The Morgan fingerprint density at radius 2 is 2.04 bits per heavy atom. The van der Waals surface area contributed by atoms with Crippen molar-refractivity contribution in [3.8, 4) is 11.5 Å². The first kappa shape index (κ1) is 16.4. The van der Waals surface area contributed by atoms with E-state index in [-0.39, 0.29) is 12.1 Å². The lowest BCUT2D eigenvalue weighted by Crippen LogP contribution is -2.30. The molecule has 3 rings (SSSR count). The van der Waals surface area contributed by atoms with Crippen LogP contribution in [0.5, 0.6) is 0 Å². The summed E-state index contributed by atoms with van der Waals surface area (Å²) in [6.45, 7) is 0. The van der Waals surface area contributed by atoms with Crippen LogP contribution in [0, 0.1) is 5.82 Å². The summed E-state index contributed by atoms with van der Waals surface area (Å²) in [5.74, 6) is -1.57. The molecule has 0 bridgehead atoms. The number of rotatable bonds is 6. The molecule has 0 aliphatic carbocycles. The lowest BCUT2D eigenvalue weighted by molar-refractivity contribution is -0.137. The standard InChI is InChI=1S/C17H14FN3O4/c18-11-5-3-10(4-6-11)12(9-16(22)23)19-17(24)14-8-13(20-21-14)15-2-1-7-25-15/h1-8,12H,9H2,(H,19,24)(H,20,21)(H,22,23)/t12-/m0/s1. The van der Waals surface area contributed by atoms with E-state index in [4.69, 9.17) is 9.52 Å². The quantitative estimate of drug-likeness (QED) is 0.638. The molecule has 8 heteroatoms. The number of aromatic nitrogens is 2. The van der Waals surface area contributed by atoms with Crippen molar-refractivity contribution in [2.45, 2.75) is 12.5 Å². The fraction of sp³-hybridized carbons (Fsp3) is 0.118. The third-order valence-corrected chi connectivity index (χ3v) is 3.55. The molecule has 25 heavy (non-hydrogen) atoms. The van der Waals surface area contributed by atoms with E-state index in [1.54, 1.807) is 12.1 Å². The van der Waals surface area contributed by atoms with Crippen molar-refractivity contribution in [2.24, 2.45) is 0 Å². The normalized spacial score (nSPS) is 11.9. The molecule has 0 aliphatic rings. The highest BCUT2D eigenvalue weighted by molar-refractivity contribution is 5.93. The lowest BCUT2D eigenvalue weighted by atomic mass is 10.0. The number of hydrogen-bond acceptors (Lipinski definition) is 4. The van der Waals surface area contributed by atoms with E-state index in [1.807, 2.05) is 0 Å². The van der Waals surface area contributed by atoms with E-state index >= 15 is 0 Å². The zero-order valence-electron chi connectivity index (χ0n) is 12.9. The molecule has 0 aliphatic heterocycles. The minimum Gasteiger partial charge on any atom is -0.481 e. The summed E-state index contributed by atoms with van der Waals surface area (Å²) >= 11 is 0. The number of nitrogens with one attached hydrogen (secondary N) is 2. The van der Waals surface area contributed by atoms with Gasteiger partial charge in [-0.2, -0.15) is 5.10 Å². The summed E-state index contributed by atoms with van der Waals surface area (Å²) in [5.41, 5.74) is 1.09. The third kappa shape index (κ3) is 3.92. The molecule has 1 atom stereocenters. The molecular formula is C17H14FN3O4. The van der Waals surface area contributed by atoms with Gasteiger partial charge in [-0.25, -0.2) is 4.39 Å². The van der Waals surface area contributed by atoms with Crippen molar-refractivity contribution >= 4 is 11.9 Å². The summed E-state index contributed by atoms with van der Waals surface area (Å²) in [6.07, 6.45) is 1.15. The molecule has 3 N–H and O–H groups in total. The molecule has 0 saturated heterocycles. The van der Waals surface area contributed by atoms with Gasteiger partial charge < -0.3 is 14.8 Å². The predicted octanol–water partition coefficient (Wildman–Crippen LogP) is 2.75. The maximum Gasteiger partial charge on any atom is 0.305 e. The van der Waals surface area contributed by atoms with Crippen LogP contribution in [0.3, 0.4) is 0 Å². The minimum absolute atomic E-state index is 0.0869. The van der Waals surface area contributed by atoms with Gasteiger partial charge in [0.2, 0.25) is 0 Å². The number of aliphatic carboxylic acids is 1. The Morgan fingerprint density at radius 1 is 1.28 bits per heavy atom. The van der Waals surface area contributed by atoms with Gasteiger partial charge in [0.05, 0.1) is 18.7 Å². The number of carboxylic acid groups (broad SMARTS) is 1. The minimum atomic E-state index is -1.09. The van der Waals surface area contributed by atoms with E-state index in [2.05, 4.69) is 15.5 Å². The average molecular weight is 343 g/mol. The van der Waals surface area contributed by atoms with Gasteiger partial charge in [-0.3, -0.25) is 14.7 Å². The zero-order valence-corrected chi connectivity index (χ0v) is 12.9. The van der Waals surface area contributed by atoms with E-state index in [0.717, 1.165) is 0 Å². The first-order valence-corrected chi connectivity index (χ1v) is 7.40. The second-order valence-corrected chi connectivity index (χ2v) is 5.32. The Morgan fingerprint density at radius 3 is 2.68 bits per heavy atom. The molecule has 1 amide bonds. The van der Waals surface area contributed by atoms with Crippen molar-refractivity contribution in [2.75, 3.05) is 0 Å². The van der Waals surface area contributed by atoms with Crippen LogP contribution < -0.4 is 5.32 Å². The Hall–Kier alpha value is -3.42. The van der Waals surface area contributed by atoms with Gasteiger partial charge >= 0.3 is 5.97 Å².